The molecule has 0 aliphatic heterocycles. The number of rotatable bonds is 0. The Morgan fingerprint density at radius 2 is 0.600 bits per heavy atom. The van der Waals surface area contributed by atoms with Crippen molar-refractivity contribution >= 4 is 45.5 Å². The van der Waals surface area contributed by atoms with Gasteiger partial charge in [0.15, 0.2) is 0 Å². The molecule has 0 saturated carbocycles. The molecule has 5 heavy (non-hydrogen) atoms. The first-order chi connectivity index (χ1) is 0. The molecule has 0 aromatic rings. The molecule has 0 spiro atoms. The minimum atomic E-state index is 0. The Balaban J connectivity index is 0. The zero-order valence-corrected chi connectivity index (χ0v) is 9.12. The van der Waals surface area contributed by atoms with Gasteiger partial charge in [-0.1, -0.05) is 0 Å². The molecule has 2 nitrogen and oxygen atoms in total. The van der Waals surface area contributed by atoms with Crippen LogP contribution >= 0.6 is 0 Å². The Kier molecular flexibility index (Phi) is 265. The van der Waals surface area contributed by atoms with Crippen LogP contribution in [0.2, 0.25) is 0 Å². The van der Waals surface area contributed by atoms with Gasteiger partial charge < -0.3 is 11.0 Å². The van der Waals surface area contributed by atoms with E-state index in [0.29, 0.717) is 0 Å². The molecule has 0 N–H and O–H groups in total. The molecule has 0 aromatic carbocycles. The van der Waals surface area contributed by atoms with Crippen LogP contribution in [0.3, 0.4) is 0 Å². The van der Waals surface area contributed by atoms with Gasteiger partial charge in [-0.25, -0.2) is 0 Å². The average Bonchev–Trinajstić information content (AvgIpc) is 0. The SMILES string of the molecule is [O-2].[O-2].[Sr+2].[Ti+4].[Ti+4]. The van der Waals surface area contributed by atoms with E-state index in [0.717, 1.165) is 0 Å². The van der Waals surface area contributed by atoms with Crippen molar-refractivity contribution in [3.63, 3.8) is 0 Å². The molecule has 0 aliphatic carbocycles. The molecule has 0 atom stereocenters. The van der Waals surface area contributed by atoms with Gasteiger partial charge in [0.1, 0.15) is 0 Å². The van der Waals surface area contributed by atoms with Gasteiger partial charge >= 0.3 is 88.9 Å². The molecule has 0 rings (SSSR count). The maximum Gasteiger partial charge on any atom is 4.00 e. The van der Waals surface area contributed by atoms with Crippen molar-refractivity contribution in [3.05, 3.63) is 0 Å². The summed E-state index contributed by atoms with van der Waals surface area (Å²) in [6.07, 6.45) is 0. The van der Waals surface area contributed by atoms with Crippen LogP contribution in [0, 0.1) is 0 Å². The molecule has 0 heterocycles. The van der Waals surface area contributed by atoms with Crippen LogP contribution < -0.4 is 0 Å². The van der Waals surface area contributed by atoms with Crippen molar-refractivity contribution in [3.8, 4) is 0 Å². The minimum Gasteiger partial charge on any atom is -2.00 e. The molecule has 16 valence electrons. The first-order valence-corrected chi connectivity index (χ1v) is 0. The van der Waals surface area contributed by atoms with Gasteiger partial charge in [-0.2, -0.15) is 0 Å². The predicted octanol–water partition coefficient (Wildman–Crippen LogP) is -0.623. The second-order valence-electron chi connectivity index (χ2n) is 0. The van der Waals surface area contributed by atoms with E-state index in [1.54, 1.807) is 0 Å². The van der Waals surface area contributed by atoms with Crippen molar-refractivity contribution in [2.24, 2.45) is 0 Å². The summed E-state index contributed by atoms with van der Waals surface area (Å²) in [7, 11) is 0. The van der Waals surface area contributed by atoms with Gasteiger partial charge in [0.05, 0.1) is 0 Å². The molecule has 0 saturated heterocycles. The van der Waals surface area contributed by atoms with Crippen molar-refractivity contribution in [2.75, 3.05) is 0 Å². The van der Waals surface area contributed by atoms with Crippen LogP contribution in [-0.2, 0) is 54.4 Å². The summed E-state index contributed by atoms with van der Waals surface area (Å²) in [5.74, 6) is 0. The molecule has 0 fully saturated rings. The molecular weight excluding hydrogens is 215 g/mol. The summed E-state index contributed by atoms with van der Waals surface area (Å²) in [5, 5.41) is 0. The van der Waals surface area contributed by atoms with Crippen LogP contribution in [0.1, 0.15) is 0 Å². The summed E-state index contributed by atoms with van der Waals surface area (Å²) in [6.45, 7) is 0. The quantitative estimate of drug-likeness (QED) is 0.484. The second-order valence-corrected chi connectivity index (χ2v) is 0. The second kappa shape index (κ2) is 29.0. The van der Waals surface area contributed by atoms with Gasteiger partial charge in [-0.05, 0) is 0 Å². The standard InChI is InChI=1S/2O.Sr.2Ti/q2*-2;+2;2*+4. The maximum absolute atomic E-state index is 0. The number of hydrogen-bond acceptors (Lipinski definition) is 0. The van der Waals surface area contributed by atoms with Gasteiger partial charge in [-0.3, -0.25) is 0 Å². The van der Waals surface area contributed by atoms with Gasteiger partial charge in [0, 0.05) is 0 Å². The molecule has 0 bridgehead atoms. The van der Waals surface area contributed by atoms with E-state index in [1.807, 2.05) is 0 Å². The zero-order valence-electron chi connectivity index (χ0n) is 2.52. The van der Waals surface area contributed by atoms with Crippen molar-refractivity contribution in [2.45, 2.75) is 0 Å². The Hall–Kier alpha value is 2.83. The van der Waals surface area contributed by atoms with Crippen LogP contribution in [0.4, 0.5) is 0 Å². The van der Waals surface area contributed by atoms with Gasteiger partial charge in [0.25, 0.3) is 0 Å². The van der Waals surface area contributed by atoms with Crippen LogP contribution in [-0.4, -0.2) is 45.5 Å². The third-order valence-electron chi connectivity index (χ3n) is 0. The largest absolute Gasteiger partial charge is 4.00 e. The Bertz CT molecular complexity index is 7.61. The third-order valence-corrected chi connectivity index (χ3v) is 0. The molecule has 0 unspecified atom stereocenters. The fourth-order valence-corrected chi connectivity index (χ4v) is 0. The monoisotopic (exact) mass is 216 g/mol. The predicted molar refractivity (Wildman–Crippen MR) is 7.13 cm³/mol. The molecule has 0 aliphatic rings. The molecule has 0 amide bonds. The molecular formula is O2SrTi2+6. The van der Waals surface area contributed by atoms with Gasteiger partial charge in [0.2, 0.25) is 0 Å². The fourth-order valence-electron chi connectivity index (χ4n) is 0. The van der Waals surface area contributed by atoms with E-state index in [4.69, 9.17) is 0 Å². The summed E-state index contributed by atoms with van der Waals surface area (Å²) < 4.78 is 0. The molecule has 0 aromatic heterocycles. The van der Waals surface area contributed by atoms with E-state index >= 15 is 0 Å². The van der Waals surface area contributed by atoms with Crippen molar-refractivity contribution in [1.29, 1.82) is 0 Å². The summed E-state index contributed by atoms with van der Waals surface area (Å²) in [4.78, 5) is 0. The Morgan fingerprint density at radius 3 is 0.600 bits per heavy atom. The first-order valence-electron chi connectivity index (χ1n) is 0. The topological polar surface area (TPSA) is 57.0 Å². The fraction of sp³-hybridized carbons (Fsp3) is 0. The first kappa shape index (κ1) is 45.6. The minimum absolute atomic E-state index is 0. The van der Waals surface area contributed by atoms with E-state index < -0.39 is 0 Å². The molecule has 5 heteroatoms. The van der Waals surface area contributed by atoms with E-state index in [9.17, 15) is 0 Å². The van der Waals surface area contributed by atoms with Crippen LogP contribution in [0.15, 0.2) is 0 Å². The summed E-state index contributed by atoms with van der Waals surface area (Å²) >= 11 is 0. The van der Waals surface area contributed by atoms with Crippen molar-refractivity contribution in [1.82, 2.24) is 0 Å². The third kappa shape index (κ3) is 19.9. The van der Waals surface area contributed by atoms with E-state index in [1.165, 1.54) is 0 Å². The van der Waals surface area contributed by atoms with Gasteiger partial charge in [-0.15, -0.1) is 0 Å². The summed E-state index contributed by atoms with van der Waals surface area (Å²) in [6, 6.07) is 0. The molecule has 0 radical (unpaired) electrons. The normalized spacial score (nSPS) is 0. The zero-order chi connectivity index (χ0) is 0. The Morgan fingerprint density at radius 1 is 0.600 bits per heavy atom. The maximum atomic E-state index is 0. The summed E-state index contributed by atoms with van der Waals surface area (Å²) in [5.41, 5.74) is 0. The Labute approximate surface area is 97.7 Å². The smallest absolute Gasteiger partial charge is 2.00 e. The van der Waals surface area contributed by atoms with E-state index in [-0.39, 0.29) is 99.9 Å². The van der Waals surface area contributed by atoms with Crippen molar-refractivity contribution < 1.29 is 54.4 Å². The van der Waals surface area contributed by atoms with E-state index in [2.05, 4.69) is 0 Å². The van der Waals surface area contributed by atoms with Crippen LogP contribution in [0.5, 0.6) is 0 Å². The van der Waals surface area contributed by atoms with Crippen LogP contribution in [0.25, 0.3) is 0 Å². The number of hydrogen-bond donors (Lipinski definition) is 0. The average molecular weight is 215 g/mol.